The number of hydrogen-bond acceptors (Lipinski definition) is 2. The summed E-state index contributed by atoms with van der Waals surface area (Å²) >= 11 is 6.16. The van der Waals surface area contributed by atoms with Gasteiger partial charge in [-0.3, -0.25) is 9.48 Å². The summed E-state index contributed by atoms with van der Waals surface area (Å²) in [4.78, 5) is 14.4. The van der Waals surface area contributed by atoms with Crippen molar-refractivity contribution in [2.45, 2.75) is 26.3 Å². The van der Waals surface area contributed by atoms with Crippen LogP contribution in [-0.2, 0) is 6.54 Å². The molecule has 0 aliphatic carbocycles. The second-order valence-corrected chi connectivity index (χ2v) is 6.40. The Hall–Kier alpha value is -1.81. The number of carbonyl (C=O) groups excluding carboxylic acids is 1. The van der Waals surface area contributed by atoms with E-state index in [0.717, 1.165) is 36.5 Å². The zero-order valence-electron chi connectivity index (χ0n) is 12.7. The minimum atomic E-state index is 0.0808. The van der Waals surface area contributed by atoms with Gasteiger partial charge in [0.2, 0.25) is 0 Å². The molecule has 22 heavy (non-hydrogen) atoms. The number of nitrogens with zero attached hydrogens (tertiary/aromatic N) is 3. The lowest BCUT2D eigenvalue weighted by Crippen LogP contribution is -2.37. The molecule has 0 N–H and O–H groups in total. The zero-order valence-corrected chi connectivity index (χ0v) is 13.5. The largest absolute Gasteiger partial charge is 0.339 e. The molecule has 0 spiro atoms. The number of aromatic nitrogens is 2. The highest BCUT2D eigenvalue weighted by Crippen LogP contribution is 2.19. The van der Waals surface area contributed by atoms with Crippen molar-refractivity contribution in [2.75, 3.05) is 13.1 Å². The first-order valence-electron chi connectivity index (χ1n) is 7.68. The third-order valence-corrected chi connectivity index (χ3v) is 4.61. The molecule has 0 unspecified atom stereocenters. The molecule has 1 aromatic carbocycles. The van der Waals surface area contributed by atoms with Crippen molar-refractivity contribution in [3.05, 3.63) is 52.8 Å². The smallest absolute Gasteiger partial charge is 0.257 e. The van der Waals surface area contributed by atoms with E-state index in [9.17, 15) is 4.79 Å². The summed E-state index contributed by atoms with van der Waals surface area (Å²) in [6, 6.07) is 7.69. The lowest BCUT2D eigenvalue weighted by atomic mass is 9.99. The van der Waals surface area contributed by atoms with Gasteiger partial charge in [-0.05, 0) is 30.4 Å². The van der Waals surface area contributed by atoms with E-state index in [1.165, 1.54) is 0 Å². The fraction of sp³-hybridized carbons (Fsp3) is 0.412. The van der Waals surface area contributed by atoms with Gasteiger partial charge < -0.3 is 4.90 Å². The van der Waals surface area contributed by atoms with Crippen molar-refractivity contribution in [2.24, 2.45) is 5.92 Å². The number of benzene rings is 1. The summed E-state index contributed by atoms with van der Waals surface area (Å²) in [7, 11) is 0. The average molecular weight is 318 g/mol. The molecule has 1 fully saturated rings. The Morgan fingerprint density at radius 3 is 2.77 bits per heavy atom. The second-order valence-electron chi connectivity index (χ2n) is 5.99. The number of likely N-dealkylation sites (tertiary alicyclic amines) is 1. The maximum Gasteiger partial charge on any atom is 0.257 e. The maximum atomic E-state index is 12.5. The molecule has 1 aromatic heterocycles. The Balaban J connectivity index is 1.68. The van der Waals surface area contributed by atoms with Crippen molar-refractivity contribution < 1.29 is 4.79 Å². The first kappa shape index (κ1) is 15.1. The van der Waals surface area contributed by atoms with Crippen molar-refractivity contribution in [1.82, 2.24) is 14.7 Å². The molecule has 3 rings (SSSR count). The lowest BCUT2D eigenvalue weighted by molar-refractivity contribution is 0.0697. The average Bonchev–Trinajstić information content (AvgIpc) is 2.98. The highest BCUT2D eigenvalue weighted by atomic mass is 35.5. The standard InChI is InChI=1S/C17H20ClN3O/c1-13-6-8-20(9-7-13)17(22)15-10-19-21(12-15)11-14-4-2-3-5-16(14)18/h2-5,10,12-13H,6-9,11H2,1H3. The van der Waals surface area contributed by atoms with Gasteiger partial charge in [-0.15, -0.1) is 0 Å². The SMILES string of the molecule is CC1CCN(C(=O)c2cnn(Cc3ccccc3Cl)c2)CC1. The summed E-state index contributed by atoms with van der Waals surface area (Å²) in [5, 5.41) is 5.01. The molecule has 2 aromatic rings. The van der Waals surface area contributed by atoms with Crippen LogP contribution < -0.4 is 0 Å². The molecule has 1 saturated heterocycles. The quantitative estimate of drug-likeness (QED) is 0.869. The van der Waals surface area contributed by atoms with Crippen molar-refractivity contribution in [1.29, 1.82) is 0 Å². The monoisotopic (exact) mass is 317 g/mol. The third kappa shape index (κ3) is 3.33. The molecular weight excluding hydrogens is 298 g/mol. The lowest BCUT2D eigenvalue weighted by Gasteiger charge is -2.29. The van der Waals surface area contributed by atoms with Crippen LogP contribution >= 0.6 is 11.6 Å². The van der Waals surface area contributed by atoms with Crippen LogP contribution in [0.1, 0.15) is 35.7 Å². The summed E-state index contributed by atoms with van der Waals surface area (Å²) in [6.07, 6.45) is 5.62. The highest BCUT2D eigenvalue weighted by molar-refractivity contribution is 6.31. The van der Waals surface area contributed by atoms with Crippen LogP contribution in [0.15, 0.2) is 36.7 Å². The molecule has 1 aliphatic rings. The summed E-state index contributed by atoms with van der Waals surface area (Å²) in [6.45, 7) is 4.50. The molecule has 2 heterocycles. The minimum absolute atomic E-state index is 0.0808. The van der Waals surface area contributed by atoms with Crippen LogP contribution in [0.3, 0.4) is 0 Å². The number of halogens is 1. The van der Waals surface area contributed by atoms with Crippen molar-refractivity contribution in [3.63, 3.8) is 0 Å². The number of rotatable bonds is 3. The van der Waals surface area contributed by atoms with Gasteiger partial charge in [0.25, 0.3) is 5.91 Å². The molecular formula is C17H20ClN3O. The van der Waals surface area contributed by atoms with E-state index in [4.69, 9.17) is 11.6 Å². The topological polar surface area (TPSA) is 38.1 Å². The van der Waals surface area contributed by atoms with Crippen LogP contribution in [0.2, 0.25) is 5.02 Å². The maximum absolute atomic E-state index is 12.5. The van der Waals surface area contributed by atoms with Gasteiger partial charge in [-0.1, -0.05) is 36.7 Å². The summed E-state index contributed by atoms with van der Waals surface area (Å²) < 4.78 is 1.76. The molecule has 0 atom stereocenters. The molecule has 116 valence electrons. The minimum Gasteiger partial charge on any atom is -0.339 e. The Kier molecular flexibility index (Phi) is 4.48. The normalized spacial score (nSPS) is 16.0. The highest BCUT2D eigenvalue weighted by Gasteiger charge is 2.22. The Morgan fingerprint density at radius 1 is 1.32 bits per heavy atom. The summed E-state index contributed by atoms with van der Waals surface area (Å²) in [5.41, 5.74) is 1.65. The van der Waals surface area contributed by atoms with Gasteiger partial charge in [0.05, 0.1) is 18.3 Å². The summed E-state index contributed by atoms with van der Waals surface area (Å²) in [5.74, 6) is 0.796. The van der Waals surface area contributed by atoms with Crippen LogP contribution in [0, 0.1) is 5.92 Å². The molecule has 4 nitrogen and oxygen atoms in total. The van der Waals surface area contributed by atoms with Crippen molar-refractivity contribution >= 4 is 17.5 Å². The number of hydrogen-bond donors (Lipinski definition) is 0. The first-order chi connectivity index (χ1) is 10.6. The van der Waals surface area contributed by atoms with Gasteiger partial charge in [0, 0.05) is 24.3 Å². The fourth-order valence-corrected chi connectivity index (χ4v) is 2.95. The third-order valence-electron chi connectivity index (χ3n) is 4.24. The van der Waals surface area contributed by atoms with Crippen LogP contribution in [0.4, 0.5) is 0 Å². The van der Waals surface area contributed by atoms with E-state index in [2.05, 4.69) is 12.0 Å². The molecule has 0 saturated carbocycles. The Labute approximate surface area is 135 Å². The van der Waals surface area contributed by atoms with E-state index in [0.29, 0.717) is 18.0 Å². The Bertz CT molecular complexity index is 659. The second kappa shape index (κ2) is 6.53. The zero-order chi connectivity index (χ0) is 15.5. The predicted octanol–water partition coefficient (Wildman–Crippen LogP) is 3.46. The van der Waals surface area contributed by atoms with Gasteiger partial charge in [-0.25, -0.2) is 0 Å². The molecule has 0 bridgehead atoms. The number of carbonyl (C=O) groups is 1. The number of piperidine rings is 1. The van der Waals surface area contributed by atoms with Gasteiger partial charge >= 0.3 is 0 Å². The van der Waals surface area contributed by atoms with E-state index in [-0.39, 0.29) is 5.91 Å². The van der Waals surface area contributed by atoms with Crippen LogP contribution in [0.25, 0.3) is 0 Å². The molecule has 5 heteroatoms. The van der Waals surface area contributed by atoms with Crippen LogP contribution in [-0.4, -0.2) is 33.7 Å². The first-order valence-corrected chi connectivity index (χ1v) is 8.06. The van der Waals surface area contributed by atoms with E-state index in [1.54, 1.807) is 10.9 Å². The molecule has 0 radical (unpaired) electrons. The van der Waals surface area contributed by atoms with Crippen LogP contribution in [0.5, 0.6) is 0 Å². The molecule has 1 aliphatic heterocycles. The van der Waals surface area contributed by atoms with E-state index >= 15 is 0 Å². The van der Waals surface area contributed by atoms with Gasteiger partial charge in [0.15, 0.2) is 0 Å². The fourth-order valence-electron chi connectivity index (χ4n) is 2.76. The van der Waals surface area contributed by atoms with Gasteiger partial charge in [0.1, 0.15) is 0 Å². The predicted molar refractivity (Wildman–Crippen MR) is 87.1 cm³/mol. The Morgan fingerprint density at radius 2 is 2.05 bits per heavy atom. The van der Waals surface area contributed by atoms with E-state index < -0.39 is 0 Å². The number of amides is 1. The van der Waals surface area contributed by atoms with Crippen molar-refractivity contribution in [3.8, 4) is 0 Å². The van der Waals surface area contributed by atoms with Gasteiger partial charge in [-0.2, -0.15) is 5.10 Å². The molecule has 1 amide bonds. The van der Waals surface area contributed by atoms with E-state index in [1.807, 2.05) is 35.4 Å².